The highest BCUT2D eigenvalue weighted by Crippen LogP contribution is 2.28. The maximum Gasteiger partial charge on any atom is 0.387 e. The first-order valence-corrected chi connectivity index (χ1v) is 9.53. The number of hydrogen-bond acceptors (Lipinski definition) is 4. The first-order valence-electron chi connectivity index (χ1n) is 8.65. The summed E-state index contributed by atoms with van der Waals surface area (Å²) in [5.74, 6) is -0.940. The van der Waals surface area contributed by atoms with Crippen LogP contribution >= 0.6 is 11.3 Å². The number of aryl methyl sites for hydroxylation is 1. The number of rotatable bonds is 7. The zero-order valence-electron chi connectivity index (χ0n) is 15.7. The molecule has 0 saturated heterocycles. The molecule has 1 aromatic heterocycles. The molecule has 0 aliphatic rings. The van der Waals surface area contributed by atoms with Crippen molar-refractivity contribution in [3.8, 4) is 11.5 Å². The number of thiophene rings is 1. The third kappa shape index (κ3) is 5.29. The number of nitrogens with one attached hydrogen (secondary N) is 1. The molecule has 0 unspecified atom stereocenters. The molecule has 0 fully saturated rings. The lowest BCUT2D eigenvalue weighted by molar-refractivity contribution is -0.0495. The molecule has 0 aliphatic heterocycles. The Kier molecular flexibility index (Phi) is 6.43. The molecule has 1 N–H and O–H groups in total. The van der Waals surface area contributed by atoms with Gasteiger partial charge in [-0.3, -0.25) is 4.79 Å². The first-order chi connectivity index (χ1) is 13.8. The van der Waals surface area contributed by atoms with Crippen LogP contribution in [0.2, 0.25) is 0 Å². The van der Waals surface area contributed by atoms with Gasteiger partial charge in [0.1, 0.15) is 18.2 Å². The summed E-state index contributed by atoms with van der Waals surface area (Å²) in [6, 6.07) is 10.4. The van der Waals surface area contributed by atoms with E-state index in [1.54, 1.807) is 11.4 Å². The van der Waals surface area contributed by atoms with Gasteiger partial charge in [0.05, 0.1) is 10.6 Å². The summed E-state index contributed by atoms with van der Waals surface area (Å²) in [6.07, 6.45) is 0. The largest absolute Gasteiger partial charge is 0.489 e. The van der Waals surface area contributed by atoms with Gasteiger partial charge >= 0.3 is 6.61 Å². The molecule has 3 aromatic rings. The Balaban J connectivity index is 1.67. The van der Waals surface area contributed by atoms with Crippen LogP contribution in [0.4, 0.5) is 18.9 Å². The second-order valence-corrected chi connectivity index (χ2v) is 7.19. The van der Waals surface area contributed by atoms with Crippen molar-refractivity contribution >= 4 is 22.9 Å². The van der Waals surface area contributed by atoms with E-state index in [4.69, 9.17) is 4.74 Å². The Bertz CT molecular complexity index is 1020. The number of carbonyl (C=O) groups is 1. The fourth-order valence-electron chi connectivity index (χ4n) is 2.59. The van der Waals surface area contributed by atoms with E-state index in [2.05, 4.69) is 10.1 Å². The first kappa shape index (κ1) is 20.7. The summed E-state index contributed by atoms with van der Waals surface area (Å²) in [4.78, 5) is 12.8. The molecule has 8 heteroatoms. The normalized spacial score (nSPS) is 10.8. The Labute approximate surface area is 169 Å². The van der Waals surface area contributed by atoms with E-state index in [1.165, 1.54) is 17.4 Å². The van der Waals surface area contributed by atoms with Crippen LogP contribution in [-0.2, 0) is 6.61 Å². The number of ether oxygens (including phenoxy) is 2. The van der Waals surface area contributed by atoms with Gasteiger partial charge in [0, 0.05) is 11.6 Å². The maximum atomic E-state index is 13.3. The van der Waals surface area contributed by atoms with E-state index in [9.17, 15) is 18.0 Å². The highest BCUT2D eigenvalue weighted by Gasteiger charge is 2.16. The molecular formula is C21H18F3NO3S. The summed E-state index contributed by atoms with van der Waals surface area (Å²) in [5.41, 5.74) is 2.92. The van der Waals surface area contributed by atoms with Crippen molar-refractivity contribution in [3.63, 3.8) is 0 Å². The minimum Gasteiger partial charge on any atom is -0.489 e. The number of benzene rings is 2. The molecule has 0 atom stereocenters. The predicted octanol–water partition coefficient (Wildman–Crippen LogP) is 5.94. The minimum absolute atomic E-state index is 0.0433. The topological polar surface area (TPSA) is 47.6 Å². The summed E-state index contributed by atoms with van der Waals surface area (Å²) in [7, 11) is 0. The van der Waals surface area contributed by atoms with E-state index in [-0.39, 0.29) is 12.3 Å². The van der Waals surface area contributed by atoms with Crippen molar-refractivity contribution < 1.29 is 27.4 Å². The number of anilines is 1. The van der Waals surface area contributed by atoms with Crippen molar-refractivity contribution in [2.24, 2.45) is 0 Å². The Morgan fingerprint density at radius 3 is 2.69 bits per heavy atom. The fourth-order valence-corrected chi connectivity index (χ4v) is 3.38. The number of alkyl halides is 2. The van der Waals surface area contributed by atoms with E-state index >= 15 is 0 Å². The summed E-state index contributed by atoms with van der Waals surface area (Å²) < 4.78 is 48.4. The van der Waals surface area contributed by atoms with Crippen LogP contribution in [0.3, 0.4) is 0 Å². The van der Waals surface area contributed by atoms with E-state index < -0.39 is 24.1 Å². The van der Waals surface area contributed by atoms with Crippen molar-refractivity contribution in [1.82, 2.24) is 0 Å². The van der Waals surface area contributed by atoms with E-state index in [0.29, 0.717) is 4.88 Å². The molecule has 2 aromatic carbocycles. The molecule has 152 valence electrons. The molecule has 0 spiro atoms. The molecule has 0 bridgehead atoms. The Morgan fingerprint density at radius 1 is 1.14 bits per heavy atom. The molecule has 0 saturated carbocycles. The molecule has 0 radical (unpaired) electrons. The third-order valence-electron chi connectivity index (χ3n) is 4.23. The smallest absolute Gasteiger partial charge is 0.387 e. The number of carbonyl (C=O) groups excluding carboxylic acids is 1. The van der Waals surface area contributed by atoms with Gasteiger partial charge in [0.2, 0.25) is 0 Å². The zero-order valence-corrected chi connectivity index (χ0v) is 16.5. The highest BCUT2D eigenvalue weighted by molar-refractivity contribution is 7.12. The predicted molar refractivity (Wildman–Crippen MR) is 106 cm³/mol. The van der Waals surface area contributed by atoms with Crippen LogP contribution in [0, 0.1) is 19.7 Å². The average Bonchev–Trinajstić information content (AvgIpc) is 3.14. The van der Waals surface area contributed by atoms with Gasteiger partial charge in [-0.05, 0) is 54.6 Å². The van der Waals surface area contributed by atoms with Crippen LogP contribution in [0.5, 0.6) is 11.5 Å². The minimum atomic E-state index is -3.14. The summed E-state index contributed by atoms with van der Waals surface area (Å²) >= 11 is 1.19. The second-order valence-electron chi connectivity index (χ2n) is 6.28. The van der Waals surface area contributed by atoms with Gasteiger partial charge in [0.25, 0.3) is 5.91 Å². The zero-order chi connectivity index (χ0) is 21.0. The SMILES string of the molecule is Cc1cccc(OCc2csc(C(=O)Nc3ccc(F)cc3OC(F)F)c2)c1C. The molecule has 29 heavy (non-hydrogen) atoms. The summed E-state index contributed by atoms with van der Waals surface area (Å²) in [5, 5.41) is 4.25. The van der Waals surface area contributed by atoms with Crippen molar-refractivity contribution in [1.29, 1.82) is 0 Å². The maximum absolute atomic E-state index is 13.3. The van der Waals surface area contributed by atoms with Crippen LogP contribution in [-0.4, -0.2) is 12.5 Å². The van der Waals surface area contributed by atoms with Crippen LogP contribution in [0.1, 0.15) is 26.4 Å². The van der Waals surface area contributed by atoms with Crippen molar-refractivity contribution in [2.75, 3.05) is 5.32 Å². The molecular weight excluding hydrogens is 403 g/mol. The van der Waals surface area contributed by atoms with Gasteiger partial charge in [0.15, 0.2) is 5.75 Å². The van der Waals surface area contributed by atoms with Gasteiger partial charge in [-0.15, -0.1) is 11.3 Å². The molecule has 3 rings (SSSR count). The van der Waals surface area contributed by atoms with Gasteiger partial charge in [-0.25, -0.2) is 4.39 Å². The van der Waals surface area contributed by atoms with Crippen LogP contribution in [0.25, 0.3) is 0 Å². The Hall–Kier alpha value is -3.00. The van der Waals surface area contributed by atoms with Gasteiger partial charge in [-0.2, -0.15) is 8.78 Å². The van der Waals surface area contributed by atoms with Gasteiger partial charge < -0.3 is 14.8 Å². The second kappa shape index (κ2) is 9.00. The number of amides is 1. The van der Waals surface area contributed by atoms with E-state index in [1.807, 2.05) is 32.0 Å². The Morgan fingerprint density at radius 2 is 1.93 bits per heavy atom. The van der Waals surface area contributed by atoms with E-state index in [0.717, 1.165) is 34.6 Å². The molecule has 0 aliphatic carbocycles. The third-order valence-corrected chi connectivity index (χ3v) is 5.21. The molecule has 1 heterocycles. The quantitative estimate of drug-likeness (QED) is 0.514. The average molecular weight is 421 g/mol. The van der Waals surface area contributed by atoms with Crippen LogP contribution in [0.15, 0.2) is 47.8 Å². The molecule has 4 nitrogen and oxygen atoms in total. The monoisotopic (exact) mass is 421 g/mol. The summed E-state index contributed by atoms with van der Waals surface area (Å²) in [6.45, 7) is 1.11. The molecule has 1 amide bonds. The standard InChI is InChI=1S/C21H18F3NO3S/c1-12-4-3-5-17(13(12)2)27-10-14-8-19(29-11-14)20(26)25-16-7-6-15(22)9-18(16)28-21(23)24/h3-9,11,21H,10H2,1-2H3,(H,25,26). The van der Waals surface area contributed by atoms with Crippen molar-refractivity contribution in [2.45, 2.75) is 27.1 Å². The lowest BCUT2D eigenvalue weighted by Gasteiger charge is -2.11. The number of hydrogen-bond donors (Lipinski definition) is 1. The fraction of sp³-hybridized carbons (Fsp3) is 0.190. The number of halogens is 3. The van der Waals surface area contributed by atoms with Crippen molar-refractivity contribution in [3.05, 3.63) is 75.2 Å². The highest BCUT2D eigenvalue weighted by atomic mass is 32.1. The lowest BCUT2D eigenvalue weighted by atomic mass is 10.1. The van der Waals surface area contributed by atoms with Crippen LogP contribution < -0.4 is 14.8 Å². The lowest BCUT2D eigenvalue weighted by Crippen LogP contribution is -2.13. The van der Waals surface area contributed by atoms with Gasteiger partial charge in [-0.1, -0.05) is 12.1 Å².